The summed E-state index contributed by atoms with van der Waals surface area (Å²) >= 11 is 0. The summed E-state index contributed by atoms with van der Waals surface area (Å²) in [5.41, 5.74) is 3.07. The van der Waals surface area contributed by atoms with Crippen LogP contribution in [0.1, 0.15) is 30.5 Å². The van der Waals surface area contributed by atoms with E-state index in [-0.39, 0.29) is 12.2 Å². The summed E-state index contributed by atoms with van der Waals surface area (Å²) in [4.78, 5) is 12.8. The zero-order valence-electron chi connectivity index (χ0n) is 24.5. The van der Waals surface area contributed by atoms with Gasteiger partial charge in [0.05, 0.1) is 20.3 Å². The van der Waals surface area contributed by atoms with Crippen molar-refractivity contribution in [1.29, 1.82) is 5.26 Å². The second-order valence-corrected chi connectivity index (χ2v) is 9.27. The van der Waals surface area contributed by atoms with Gasteiger partial charge in [0.1, 0.15) is 30.6 Å². The first kappa shape index (κ1) is 30.5. The zero-order chi connectivity index (χ0) is 30.4. The lowest BCUT2D eigenvalue weighted by Gasteiger charge is -2.15. The number of methoxy groups -OCH3 is 1. The number of rotatable bonds is 14. The molecule has 1 amide bonds. The smallest absolute Gasteiger partial charge is 0.266 e. The molecule has 4 aromatic carbocycles. The average Bonchev–Trinajstić information content (AvgIpc) is 3.04. The molecule has 0 aromatic heterocycles. The van der Waals surface area contributed by atoms with Gasteiger partial charge < -0.3 is 29.0 Å². The molecule has 43 heavy (non-hydrogen) atoms. The summed E-state index contributed by atoms with van der Waals surface area (Å²) in [6.07, 6.45) is 1.51. The molecule has 1 N–H and O–H groups in total. The maximum atomic E-state index is 12.8. The Morgan fingerprint density at radius 2 is 1.42 bits per heavy atom. The Balaban J connectivity index is 1.43. The lowest BCUT2D eigenvalue weighted by molar-refractivity contribution is -0.112. The van der Waals surface area contributed by atoms with Gasteiger partial charge in [-0.1, -0.05) is 42.5 Å². The van der Waals surface area contributed by atoms with Gasteiger partial charge in [0, 0.05) is 5.69 Å². The zero-order valence-corrected chi connectivity index (χ0v) is 24.5. The number of carbonyl (C=O) groups excluding carboxylic acids is 1. The first-order valence-corrected chi connectivity index (χ1v) is 13.9. The number of amides is 1. The maximum absolute atomic E-state index is 12.8. The fraction of sp³-hybridized carbons (Fsp3) is 0.200. The van der Waals surface area contributed by atoms with Crippen molar-refractivity contribution >= 4 is 17.7 Å². The summed E-state index contributed by atoms with van der Waals surface area (Å²) in [7, 11) is 1.60. The molecule has 0 spiro atoms. The van der Waals surface area contributed by atoms with Gasteiger partial charge in [-0.3, -0.25) is 4.79 Å². The minimum atomic E-state index is -0.518. The molecule has 0 aliphatic rings. The molecular weight excluding hydrogens is 544 g/mol. The molecule has 0 aliphatic heterocycles. The first-order chi connectivity index (χ1) is 21.0. The number of carbonyl (C=O) groups is 1. The van der Waals surface area contributed by atoms with Gasteiger partial charge in [-0.25, -0.2) is 0 Å². The molecular formula is C35H34N2O6. The van der Waals surface area contributed by atoms with E-state index in [9.17, 15) is 10.1 Å². The largest absolute Gasteiger partial charge is 0.494 e. The third-order valence-electron chi connectivity index (χ3n) is 6.23. The van der Waals surface area contributed by atoms with Gasteiger partial charge in [-0.15, -0.1) is 0 Å². The number of hydrogen-bond donors (Lipinski definition) is 1. The third kappa shape index (κ3) is 8.78. The molecule has 0 fully saturated rings. The van der Waals surface area contributed by atoms with Crippen molar-refractivity contribution in [2.24, 2.45) is 0 Å². The van der Waals surface area contributed by atoms with Crippen molar-refractivity contribution in [2.45, 2.75) is 27.1 Å². The Labute approximate surface area is 252 Å². The Bertz CT molecular complexity index is 1580. The van der Waals surface area contributed by atoms with Gasteiger partial charge in [-0.2, -0.15) is 5.26 Å². The minimum absolute atomic E-state index is 0.0494. The van der Waals surface area contributed by atoms with Crippen LogP contribution in [0.4, 0.5) is 5.69 Å². The van der Waals surface area contributed by atoms with Crippen molar-refractivity contribution in [2.75, 3.05) is 25.6 Å². The molecule has 0 unspecified atom stereocenters. The summed E-state index contributed by atoms with van der Waals surface area (Å²) in [6.45, 7) is 5.42. The van der Waals surface area contributed by atoms with Crippen molar-refractivity contribution in [3.05, 3.63) is 113 Å². The summed E-state index contributed by atoms with van der Waals surface area (Å²) in [5, 5.41) is 12.4. The molecule has 0 saturated carbocycles. The molecule has 8 nitrogen and oxygen atoms in total. The number of benzene rings is 4. The minimum Gasteiger partial charge on any atom is -0.494 e. The Hall–Kier alpha value is -5.42. The van der Waals surface area contributed by atoms with Gasteiger partial charge in [0.2, 0.25) is 0 Å². The van der Waals surface area contributed by atoms with E-state index in [1.54, 1.807) is 49.6 Å². The molecule has 0 saturated heterocycles. The normalized spacial score (nSPS) is 10.8. The molecule has 220 valence electrons. The number of anilines is 1. The van der Waals surface area contributed by atoms with Crippen molar-refractivity contribution in [3.63, 3.8) is 0 Å². The van der Waals surface area contributed by atoms with Crippen LogP contribution >= 0.6 is 0 Å². The predicted molar refractivity (Wildman–Crippen MR) is 166 cm³/mol. The van der Waals surface area contributed by atoms with E-state index < -0.39 is 5.91 Å². The van der Waals surface area contributed by atoms with E-state index in [4.69, 9.17) is 23.7 Å². The maximum Gasteiger partial charge on any atom is 0.266 e. The van der Waals surface area contributed by atoms with Crippen molar-refractivity contribution in [1.82, 2.24) is 0 Å². The highest BCUT2D eigenvalue weighted by atomic mass is 16.5. The van der Waals surface area contributed by atoms with Gasteiger partial charge in [0.25, 0.3) is 5.91 Å². The second-order valence-electron chi connectivity index (χ2n) is 9.27. The molecule has 0 heterocycles. The van der Waals surface area contributed by atoms with Gasteiger partial charge >= 0.3 is 0 Å². The van der Waals surface area contributed by atoms with Crippen LogP contribution < -0.4 is 29.0 Å². The van der Waals surface area contributed by atoms with Crippen LogP contribution in [-0.4, -0.2) is 26.2 Å². The quantitative estimate of drug-likeness (QED) is 0.125. The van der Waals surface area contributed by atoms with E-state index >= 15 is 0 Å². The number of ether oxygens (including phenoxy) is 5. The summed E-state index contributed by atoms with van der Waals surface area (Å²) in [5.74, 6) is 2.45. The monoisotopic (exact) mass is 578 g/mol. The highest BCUT2D eigenvalue weighted by Crippen LogP contribution is 2.32. The molecule has 4 rings (SSSR count). The van der Waals surface area contributed by atoms with Crippen LogP contribution in [0.15, 0.2) is 96.6 Å². The lowest BCUT2D eigenvalue weighted by atomic mass is 10.1. The number of hydrogen-bond acceptors (Lipinski definition) is 7. The molecule has 8 heteroatoms. The molecule has 4 aromatic rings. The third-order valence-corrected chi connectivity index (χ3v) is 6.23. The summed E-state index contributed by atoms with van der Waals surface area (Å²) in [6, 6.07) is 29.8. The van der Waals surface area contributed by atoms with E-state index in [1.807, 2.05) is 68.4 Å². The van der Waals surface area contributed by atoms with Gasteiger partial charge in [0.15, 0.2) is 23.0 Å². The molecule has 0 bridgehead atoms. The Morgan fingerprint density at radius 3 is 2.09 bits per heavy atom. The molecule has 0 atom stereocenters. The highest BCUT2D eigenvalue weighted by Gasteiger charge is 2.13. The SMILES string of the molecule is CCOc1ccc(NC(=O)/C(C#N)=C/c2ccc(OCc3ccc(OCc4ccccc4)c(OC)c3)c(OCC)c2)cc1. The van der Waals surface area contributed by atoms with E-state index in [2.05, 4.69) is 5.32 Å². The van der Waals surface area contributed by atoms with Gasteiger partial charge in [-0.05, 0) is 85.1 Å². The van der Waals surface area contributed by atoms with E-state index in [0.717, 1.165) is 11.1 Å². The molecule has 0 radical (unpaired) electrons. The van der Waals surface area contributed by atoms with Crippen LogP contribution in [0.5, 0.6) is 28.7 Å². The summed E-state index contributed by atoms with van der Waals surface area (Å²) < 4.78 is 28.8. The first-order valence-electron chi connectivity index (χ1n) is 13.9. The fourth-order valence-electron chi connectivity index (χ4n) is 4.13. The Morgan fingerprint density at radius 1 is 0.744 bits per heavy atom. The average molecular weight is 579 g/mol. The number of nitrogens with one attached hydrogen (secondary N) is 1. The number of nitriles is 1. The molecule has 0 aliphatic carbocycles. The fourth-order valence-corrected chi connectivity index (χ4v) is 4.13. The van der Waals surface area contributed by atoms with E-state index in [1.165, 1.54) is 6.08 Å². The number of nitrogens with zero attached hydrogens (tertiary/aromatic N) is 1. The standard InChI is InChI=1S/C35H34N2O6/c1-4-40-30-15-13-29(14-16-30)37-35(38)28(22-36)19-26-11-17-32(34(20-26)41-5-2)43-24-27-12-18-31(33(21-27)39-3)42-23-25-9-7-6-8-10-25/h6-21H,4-5,23-24H2,1-3H3,(H,37,38)/b28-19+. The van der Waals surface area contributed by atoms with Crippen LogP contribution in [0.3, 0.4) is 0 Å². The second kappa shape index (κ2) is 15.5. The van der Waals surface area contributed by atoms with Crippen LogP contribution in [0.25, 0.3) is 6.08 Å². The Kier molecular flexibility index (Phi) is 11.0. The topological polar surface area (TPSA) is 99.0 Å². The highest BCUT2D eigenvalue weighted by molar-refractivity contribution is 6.09. The lowest BCUT2D eigenvalue weighted by Crippen LogP contribution is -2.13. The van der Waals surface area contributed by atoms with Crippen molar-refractivity contribution < 1.29 is 28.5 Å². The van der Waals surface area contributed by atoms with E-state index in [0.29, 0.717) is 59.8 Å². The predicted octanol–water partition coefficient (Wildman–Crippen LogP) is 7.20. The van der Waals surface area contributed by atoms with Crippen LogP contribution in [0.2, 0.25) is 0 Å². The van der Waals surface area contributed by atoms with Crippen LogP contribution in [-0.2, 0) is 18.0 Å². The van der Waals surface area contributed by atoms with Crippen LogP contribution in [0, 0.1) is 11.3 Å². The van der Waals surface area contributed by atoms with Crippen molar-refractivity contribution in [3.8, 4) is 34.8 Å².